The van der Waals surface area contributed by atoms with E-state index in [1.807, 2.05) is 27.7 Å². The second-order valence-electron chi connectivity index (χ2n) is 9.60. The number of hydrogen-bond acceptors (Lipinski definition) is 7. The molecule has 1 rings (SSSR count). The molecule has 0 aliphatic carbocycles. The fourth-order valence-corrected chi connectivity index (χ4v) is 3.49. The molecule has 1 aromatic heterocycles. The Morgan fingerprint density at radius 3 is 1.94 bits per heavy atom. The van der Waals surface area contributed by atoms with Gasteiger partial charge in [0.05, 0.1) is 12.4 Å². The summed E-state index contributed by atoms with van der Waals surface area (Å²) in [6, 6.07) is -4.47. The first-order chi connectivity index (χ1) is 16.8. The number of imidazole rings is 1. The number of H-pyrrole nitrogens is 1. The second-order valence-corrected chi connectivity index (χ2v) is 9.60. The molecule has 0 saturated heterocycles. The van der Waals surface area contributed by atoms with Crippen molar-refractivity contribution in [3.8, 4) is 0 Å². The number of amides is 3. The molecule has 0 spiro atoms. The van der Waals surface area contributed by atoms with Crippen LogP contribution in [0, 0.1) is 11.8 Å². The number of carbonyl (C=O) groups is 5. The molecule has 0 aliphatic rings. The summed E-state index contributed by atoms with van der Waals surface area (Å²) in [6.07, 6.45) is 2.81. The van der Waals surface area contributed by atoms with E-state index in [0.29, 0.717) is 12.1 Å². The zero-order valence-corrected chi connectivity index (χ0v) is 21.1. The van der Waals surface area contributed by atoms with Crippen LogP contribution in [-0.2, 0) is 30.4 Å². The fraction of sp³-hybridized carbons (Fsp3) is 0.652. The standard InChI is InChI=1S/C23H38N6O7/c1-12(2)7-15(24)20(32)28-18(9-14-10-25-11-26-14)22(34)29-17(8-13(3)4)21(33)27-16(23(35)36)5-6-19(30)31/h10-13,15-18H,5-9,24H2,1-4H3,(H,25,26)(H,27,33)(H,28,32)(H,29,34)(H,30,31)(H,35,36). The zero-order chi connectivity index (χ0) is 27.4. The summed E-state index contributed by atoms with van der Waals surface area (Å²) in [7, 11) is 0. The van der Waals surface area contributed by atoms with E-state index in [4.69, 9.17) is 10.8 Å². The minimum Gasteiger partial charge on any atom is -0.481 e. The molecule has 3 amide bonds. The number of nitrogens with one attached hydrogen (secondary N) is 4. The molecule has 0 aliphatic heterocycles. The maximum Gasteiger partial charge on any atom is 0.326 e. The predicted molar refractivity (Wildman–Crippen MR) is 129 cm³/mol. The smallest absolute Gasteiger partial charge is 0.326 e. The zero-order valence-electron chi connectivity index (χ0n) is 21.1. The third kappa shape index (κ3) is 11.3. The number of carboxylic acid groups (broad SMARTS) is 2. The first-order valence-electron chi connectivity index (χ1n) is 11.9. The van der Waals surface area contributed by atoms with Gasteiger partial charge in [-0.2, -0.15) is 0 Å². The SMILES string of the molecule is CC(C)CC(N)C(=O)NC(Cc1cnc[nH]1)C(=O)NC(CC(C)C)C(=O)NC(CCC(=O)O)C(=O)O. The molecule has 4 atom stereocenters. The minimum atomic E-state index is -1.44. The highest BCUT2D eigenvalue weighted by molar-refractivity contribution is 5.94. The van der Waals surface area contributed by atoms with Crippen LogP contribution in [0.3, 0.4) is 0 Å². The molecule has 0 radical (unpaired) electrons. The number of nitrogens with zero attached hydrogens (tertiary/aromatic N) is 1. The van der Waals surface area contributed by atoms with Crippen molar-refractivity contribution < 1.29 is 34.2 Å². The van der Waals surface area contributed by atoms with Gasteiger partial charge in [-0.3, -0.25) is 19.2 Å². The third-order valence-corrected chi connectivity index (χ3v) is 5.28. The van der Waals surface area contributed by atoms with Crippen LogP contribution in [0.1, 0.15) is 59.1 Å². The highest BCUT2D eigenvalue weighted by atomic mass is 16.4. The molecule has 202 valence electrons. The lowest BCUT2D eigenvalue weighted by Gasteiger charge is -2.26. The Labute approximate surface area is 210 Å². The maximum absolute atomic E-state index is 13.2. The maximum atomic E-state index is 13.2. The van der Waals surface area contributed by atoms with Gasteiger partial charge in [0.25, 0.3) is 0 Å². The van der Waals surface area contributed by atoms with Crippen molar-refractivity contribution in [2.75, 3.05) is 0 Å². The fourth-order valence-electron chi connectivity index (χ4n) is 3.49. The highest BCUT2D eigenvalue weighted by Gasteiger charge is 2.31. The molecule has 0 fully saturated rings. The quantitative estimate of drug-likeness (QED) is 0.156. The molecule has 0 aromatic carbocycles. The number of nitrogens with two attached hydrogens (primary N) is 1. The van der Waals surface area contributed by atoms with Crippen molar-refractivity contribution in [3.05, 3.63) is 18.2 Å². The lowest BCUT2D eigenvalue weighted by Crippen LogP contribution is -2.58. The second kappa shape index (κ2) is 14.8. The Balaban J connectivity index is 3.04. The summed E-state index contributed by atoms with van der Waals surface area (Å²) in [5, 5.41) is 25.7. The van der Waals surface area contributed by atoms with E-state index >= 15 is 0 Å². The van der Waals surface area contributed by atoms with Gasteiger partial charge in [-0.1, -0.05) is 27.7 Å². The summed E-state index contributed by atoms with van der Waals surface area (Å²) in [6.45, 7) is 7.47. The number of aromatic nitrogens is 2. The van der Waals surface area contributed by atoms with E-state index in [-0.39, 0.29) is 31.1 Å². The molecule has 0 saturated carbocycles. The van der Waals surface area contributed by atoms with Gasteiger partial charge in [-0.15, -0.1) is 0 Å². The number of carbonyl (C=O) groups excluding carboxylic acids is 3. The average Bonchev–Trinajstić information content (AvgIpc) is 3.27. The van der Waals surface area contributed by atoms with Gasteiger partial charge in [0.2, 0.25) is 17.7 Å². The normalized spacial score (nSPS) is 14.5. The summed E-state index contributed by atoms with van der Waals surface area (Å²) in [5.41, 5.74) is 6.53. The van der Waals surface area contributed by atoms with Crippen LogP contribution in [0.2, 0.25) is 0 Å². The topological polar surface area (TPSA) is 217 Å². The van der Waals surface area contributed by atoms with E-state index in [0.717, 1.165) is 0 Å². The van der Waals surface area contributed by atoms with Gasteiger partial charge in [0, 0.05) is 24.7 Å². The van der Waals surface area contributed by atoms with Crippen molar-refractivity contribution in [1.82, 2.24) is 25.9 Å². The largest absolute Gasteiger partial charge is 0.481 e. The molecule has 36 heavy (non-hydrogen) atoms. The Kier molecular flexibility index (Phi) is 12.6. The summed E-state index contributed by atoms with van der Waals surface area (Å²) in [5.74, 6) is -4.42. The number of hydrogen-bond donors (Lipinski definition) is 7. The van der Waals surface area contributed by atoms with Crippen molar-refractivity contribution in [2.45, 2.75) is 84.0 Å². The van der Waals surface area contributed by atoms with Gasteiger partial charge < -0.3 is 36.9 Å². The minimum absolute atomic E-state index is 0.0524. The van der Waals surface area contributed by atoms with Gasteiger partial charge >= 0.3 is 11.9 Å². The number of carboxylic acids is 2. The van der Waals surface area contributed by atoms with Crippen LogP contribution >= 0.6 is 0 Å². The first-order valence-corrected chi connectivity index (χ1v) is 11.9. The molecular weight excluding hydrogens is 472 g/mol. The lowest BCUT2D eigenvalue weighted by atomic mass is 10.0. The number of aliphatic carboxylic acids is 2. The van der Waals surface area contributed by atoms with Crippen LogP contribution in [-0.4, -0.2) is 74.0 Å². The Hall–Kier alpha value is -3.48. The molecule has 1 heterocycles. The number of aromatic amines is 1. The van der Waals surface area contributed by atoms with Crippen molar-refractivity contribution in [3.63, 3.8) is 0 Å². The third-order valence-electron chi connectivity index (χ3n) is 5.28. The van der Waals surface area contributed by atoms with Gasteiger partial charge in [-0.05, 0) is 31.1 Å². The van der Waals surface area contributed by atoms with Crippen LogP contribution < -0.4 is 21.7 Å². The Morgan fingerprint density at radius 2 is 1.44 bits per heavy atom. The van der Waals surface area contributed by atoms with Crippen molar-refractivity contribution >= 4 is 29.7 Å². The average molecular weight is 511 g/mol. The van der Waals surface area contributed by atoms with Crippen LogP contribution in [0.25, 0.3) is 0 Å². The molecule has 1 aromatic rings. The van der Waals surface area contributed by atoms with Crippen molar-refractivity contribution in [2.24, 2.45) is 17.6 Å². The Morgan fingerprint density at radius 1 is 0.889 bits per heavy atom. The van der Waals surface area contributed by atoms with E-state index < -0.39 is 60.2 Å². The van der Waals surface area contributed by atoms with E-state index in [1.54, 1.807) is 0 Å². The van der Waals surface area contributed by atoms with E-state index in [2.05, 4.69) is 25.9 Å². The monoisotopic (exact) mass is 510 g/mol. The van der Waals surface area contributed by atoms with Crippen molar-refractivity contribution in [1.29, 1.82) is 0 Å². The molecular formula is C23H38N6O7. The van der Waals surface area contributed by atoms with Crippen LogP contribution in [0.15, 0.2) is 12.5 Å². The predicted octanol–water partition coefficient (Wildman–Crippen LogP) is -0.224. The molecule has 13 nitrogen and oxygen atoms in total. The molecule has 8 N–H and O–H groups in total. The Bertz CT molecular complexity index is 888. The van der Waals surface area contributed by atoms with Crippen LogP contribution in [0.4, 0.5) is 0 Å². The summed E-state index contributed by atoms with van der Waals surface area (Å²) >= 11 is 0. The van der Waals surface area contributed by atoms with E-state index in [9.17, 15) is 29.1 Å². The number of rotatable bonds is 16. The summed E-state index contributed by atoms with van der Waals surface area (Å²) in [4.78, 5) is 67.8. The van der Waals surface area contributed by atoms with Gasteiger partial charge in [-0.25, -0.2) is 9.78 Å². The molecule has 4 unspecified atom stereocenters. The van der Waals surface area contributed by atoms with Gasteiger partial charge in [0.15, 0.2) is 0 Å². The van der Waals surface area contributed by atoms with E-state index in [1.165, 1.54) is 12.5 Å². The molecule has 0 bridgehead atoms. The van der Waals surface area contributed by atoms with Gasteiger partial charge in [0.1, 0.15) is 18.1 Å². The van der Waals surface area contributed by atoms with Crippen LogP contribution in [0.5, 0.6) is 0 Å². The summed E-state index contributed by atoms with van der Waals surface area (Å²) < 4.78 is 0. The molecule has 13 heteroatoms. The first kappa shape index (κ1) is 30.6. The lowest BCUT2D eigenvalue weighted by molar-refractivity contribution is -0.143. The highest BCUT2D eigenvalue weighted by Crippen LogP contribution is 2.09.